The molecule has 132 valence electrons. The third kappa shape index (κ3) is 3.92. The highest BCUT2D eigenvalue weighted by molar-refractivity contribution is 6.42. The number of benzene rings is 2. The Morgan fingerprint density at radius 3 is 2.64 bits per heavy atom. The van der Waals surface area contributed by atoms with Crippen molar-refractivity contribution in [2.75, 3.05) is 33.8 Å². The van der Waals surface area contributed by atoms with E-state index < -0.39 is 0 Å². The first-order chi connectivity index (χ1) is 12.0. The Morgan fingerprint density at radius 2 is 1.92 bits per heavy atom. The van der Waals surface area contributed by atoms with E-state index in [4.69, 9.17) is 27.9 Å². The lowest BCUT2D eigenvalue weighted by atomic mass is 10.0. The average molecular weight is 379 g/mol. The summed E-state index contributed by atoms with van der Waals surface area (Å²) in [4.78, 5) is 17.0. The van der Waals surface area contributed by atoms with E-state index in [1.165, 1.54) is 0 Å². The number of amides is 1. The number of carbonyl (C=O) groups is 1. The molecule has 0 spiro atoms. The van der Waals surface area contributed by atoms with E-state index in [0.717, 1.165) is 17.9 Å². The van der Waals surface area contributed by atoms with Crippen molar-refractivity contribution in [3.63, 3.8) is 0 Å². The zero-order valence-electron chi connectivity index (χ0n) is 14.2. The predicted molar refractivity (Wildman–Crippen MR) is 101 cm³/mol. The highest BCUT2D eigenvalue weighted by atomic mass is 35.5. The second-order valence-electron chi connectivity index (χ2n) is 6.15. The van der Waals surface area contributed by atoms with Gasteiger partial charge in [-0.15, -0.1) is 0 Å². The molecule has 4 nitrogen and oxygen atoms in total. The largest absolute Gasteiger partial charge is 0.497 e. The summed E-state index contributed by atoms with van der Waals surface area (Å²) in [5, 5.41) is 0.844. The molecule has 1 aliphatic heterocycles. The highest BCUT2D eigenvalue weighted by Crippen LogP contribution is 2.28. The molecule has 1 fully saturated rings. The minimum absolute atomic E-state index is 0.0282. The number of halogens is 2. The van der Waals surface area contributed by atoms with E-state index in [9.17, 15) is 4.79 Å². The van der Waals surface area contributed by atoms with Crippen molar-refractivity contribution in [2.24, 2.45) is 0 Å². The molecule has 25 heavy (non-hydrogen) atoms. The smallest absolute Gasteiger partial charge is 0.254 e. The molecule has 1 unspecified atom stereocenters. The van der Waals surface area contributed by atoms with E-state index in [-0.39, 0.29) is 11.9 Å². The fourth-order valence-electron chi connectivity index (χ4n) is 3.08. The van der Waals surface area contributed by atoms with Crippen LogP contribution in [0.4, 0.5) is 0 Å². The number of ether oxygens (including phenoxy) is 1. The van der Waals surface area contributed by atoms with Gasteiger partial charge in [0.05, 0.1) is 23.2 Å². The highest BCUT2D eigenvalue weighted by Gasteiger charge is 2.29. The molecular formula is C19H20Cl2N2O2. The third-order valence-electron chi connectivity index (χ3n) is 4.58. The Morgan fingerprint density at radius 1 is 1.12 bits per heavy atom. The minimum Gasteiger partial charge on any atom is -0.497 e. The Bertz CT molecular complexity index is 782. The molecule has 1 heterocycles. The first-order valence-electron chi connectivity index (χ1n) is 8.08. The van der Waals surface area contributed by atoms with Crippen molar-refractivity contribution in [3.05, 3.63) is 63.6 Å². The molecule has 2 aromatic carbocycles. The van der Waals surface area contributed by atoms with Crippen LogP contribution in [0.25, 0.3) is 0 Å². The van der Waals surface area contributed by atoms with Gasteiger partial charge in [0.1, 0.15) is 5.75 Å². The topological polar surface area (TPSA) is 32.8 Å². The van der Waals surface area contributed by atoms with Crippen LogP contribution < -0.4 is 4.74 Å². The van der Waals surface area contributed by atoms with Crippen LogP contribution >= 0.6 is 23.2 Å². The van der Waals surface area contributed by atoms with E-state index in [1.807, 2.05) is 23.1 Å². The molecule has 0 aromatic heterocycles. The van der Waals surface area contributed by atoms with Crippen LogP contribution in [-0.4, -0.2) is 49.5 Å². The van der Waals surface area contributed by atoms with Crippen molar-refractivity contribution in [1.29, 1.82) is 0 Å². The summed E-state index contributed by atoms with van der Waals surface area (Å²) in [5.74, 6) is 0.790. The number of likely N-dealkylation sites (N-methyl/N-ethyl adjacent to an activating group) is 1. The van der Waals surface area contributed by atoms with Crippen molar-refractivity contribution in [2.45, 2.75) is 6.04 Å². The molecule has 1 atom stereocenters. The molecule has 0 aliphatic carbocycles. The maximum absolute atomic E-state index is 12.9. The van der Waals surface area contributed by atoms with Crippen LogP contribution in [-0.2, 0) is 0 Å². The average Bonchev–Trinajstić information content (AvgIpc) is 2.64. The number of rotatable bonds is 3. The predicted octanol–water partition coefficient (Wildman–Crippen LogP) is 4.13. The molecule has 0 bridgehead atoms. The number of carbonyl (C=O) groups excluding carboxylic acids is 1. The summed E-state index contributed by atoms with van der Waals surface area (Å²) < 4.78 is 5.32. The first kappa shape index (κ1) is 18.1. The van der Waals surface area contributed by atoms with Crippen LogP contribution in [0.3, 0.4) is 0 Å². The van der Waals surface area contributed by atoms with E-state index >= 15 is 0 Å². The van der Waals surface area contributed by atoms with Gasteiger partial charge in [-0.3, -0.25) is 9.69 Å². The van der Waals surface area contributed by atoms with Crippen molar-refractivity contribution < 1.29 is 9.53 Å². The summed E-state index contributed by atoms with van der Waals surface area (Å²) in [6, 6.07) is 13.1. The van der Waals surface area contributed by atoms with E-state index in [2.05, 4.69) is 18.0 Å². The van der Waals surface area contributed by atoms with Crippen molar-refractivity contribution >= 4 is 29.1 Å². The molecule has 0 N–H and O–H groups in total. The van der Waals surface area contributed by atoms with Crippen molar-refractivity contribution in [1.82, 2.24) is 9.80 Å². The second-order valence-corrected chi connectivity index (χ2v) is 6.97. The van der Waals surface area contributed by atoms with Gasteiger partial charge in [0.15, 0.2) is 0 Å². The Balaban J connectivity index is 1.81. The fraction of sp³-hybridized carbons (Fsp3) is 0.316. The lowest BCUT2D eigenvalue weighted by Crippen LogP contribution is -2.49. The molecule has 1 amide bonds. The normalized spacial score (nSPS) is 18.2. The second kappa shape index (κ2) is 7.65. The SMILES string of the molecule is COc1cccc(C2CN(C(=O)c3ccc(Cl)c(Cl)c3)CCN2C)c1. The van der Waals surface area contributed by atoms with Crippen LogP contribution in [0.1, 0.15) is 22.0 Å². The molecule has 3 rings (SSSR count). The van der Waals surface area contributed by atoms with Gasteiger partial charge in [0.2, 0.25) is 0 Å². The Hall–Kier alpha value is -1.75. The Kier molecular flexibility index (Phi) is 5.52. The van der Waals surface area contributed by atoms with Crippen LogP contribution in [0.5, 0.6) is 5.75 Å². The number of hydrogen-bond acceptors (Lipinski definition) is 3. The number of piperazine rings is 1. The van der Waals surface area contributed by atoms with Crippen LogP contribution in [0.15, 0.2) is 42.5 Å². The van der Waals surface area contributed by atoms with Crippen LogP contribution in [0, 0.1) is 0 Å². The summed E-state index contributed by atoms with van der Waals surface area (Å²) in [7, 11) is 3.73. The number of hydrogen-bond donors (Lipinski definition) is 0. The fourth-order valence-corrected chi connectivity index (χ4v) is 3.38. The number of nitrogens with zero attached hydrogens (tertiary/aromatic N) is 2. The van der Waals surface area contributed by atoms with Crippen LogP contribution in [0.2, 0.25) is 10.0 Å². The van der Waals surface area contributed by atoms with Gasteiger partial charge >= 0.3 is 0 Å². The molecular weight excluding hydrogens is 359 g/mol. The minimum atomic E-state index is -0.0282. The molecule has 6 heteroatoms. The zero-order chi connectivity index (χ0) is 18.0. The van der Waals surface area contributed by atoms with Gasteiger partial charge in [0, 0.05) is 25.2 Å². The summed E-state index contributed by atoms with van der Waals surface area (Å²) >= 11 is 12.0. The molecule has 1 saturated heterocycles. The molecule has 1 aliphatic rings. The van der Waals surface area contributed by atoms with Gasteiger partial charge in [-0.05, 0) is 42.9 Å². The lowest BCUT2D eigenvalue weighted by molar-refractivity contribution is 0.0546. The van der Waals surface area contributed by atoms with E-state index in [0.29, 0.717) is 28.7 Å². The quantitative estimate of drug-likeness (QED) is 0.804. The van der Waals surface area contributed by atoms with Gasteiger partial charge in [-0.25, -0.2) is 0 Å². The maximum Gasteiger partial charge on any atom is 0.254 e. The number of methoxy groups -OCH3 is 1. The first-order valence-corrected chi connectivity index (χ1v) is 8.83. The third-order valence-corrected chi connectivity index (χ3v) is 5.32. The summed E-state index contributed by atoms with van der Waals surface area (Å²) in [6.07, 6.45) is 0. The maximum atomic E-state index is 12.9. The molecule has 2 aromatic rings. The lowest BCUT2D eigenvalue weighted by Gasteiger charge is -2.39. The standard InChI is InChI=1S/C19H20Cl2N2O2/c1-22-8-9-23(19(24)14-6-7-16(20)17(21)11-14)12-18(22)13-4-3-5-15(10-13)25-2/h3-7,10-11,18H,8-9,12H2,1-2H3. The van der Waals surface area contributed by atoms with Gasteiger partial charge < -0.3 is 9.64 Å². The molecule has 0 radical (unpaired) electrons. The summed E-state index contributed by atoms with van der Waals surface area (Å²) in [5.41, 5.74) is 1.69. The van der Waals surface area contributed by atoms with Crippen molar-refractivity contribution in [3.8, 4) is 5.75 Å². The van der Waals surface area contributed by atoms with Gasteiger partial charge in [-0.2, -0.15) is 0 Å². The van der Waals surface area contributed by atoms with Gasteiger partial charge in [0.25, 0.3) is 5.91 Å². The zero-order valence-corrected chi connectivity index (χ0v) is 15.7. The summed E-state index contributed by atoms with van der Waals surface area (Å²) in [6.45, 7) is 2.09. The van der Waals surface area contributed by atoms with Gasteiger partial charge in [-0.1, -0.05) is 35.3 Å². The monoisotopic (exact) mass is 378 g/mol. The Labute approximate surface area is 157 Å². The van der Waals surface area contributed by atoms with E-state index in [1.54, 1.807) is 25.3 Å². The molecule has 0 saturated carbocycles.